The molecule has 1 N–H and O–H groups in total. The van der Waals surface area contributed by atoms with Gasteiger partial charge >= 0.3 is 0 Å². The molecule has 1 heterocycles. The van der Waals surface area contributed by atoms with Crippen LogP contribution in [0.2, 0.25) is 0 Å². The number of hydrogen-bond acceptors (Lipinski definition) is 2. The first-order chi connectivity index (χ1) is 6.93. The summed E-state index contributed by atoms with van der Waals surface area (Å²) in [5.74, 6) is 2.70. The number of allylic oxidation sites excluding steroid dienone is 1. The summed E-state index contributed by atoms with van der Waals surface area (Å²) in [7, 11) is 0. The first-order valence-electron chi connectivity index (χ1n) is 5.85. The molecule has 1 fully saturated rings. The Kier molecular flexibility index (Phi) is 7.24. The highest BCUT2D eigenvalue weighted by Crippen LogP contribution is 2.16. The lowest BCUT2D eigenvalue weighted by molar-refractivity contribution is 0.492. The molecule has 1 nitrogen and oxygen atoms in total. The predicted octanol–water partition coefficient (Wildman–Crippen LogP) is 3.22. The fourth-order valence-corrected chi connectivity index (χ4v) is 2.90. The van der Waals surface area contributed by atoms with Crippen molar-refractivity contribution in [2.75, 3.05) is 18.1 Å². The third-order valence-electron chi connectivity index (χ3n) is 2.68. The van der Waals surface area contributed by atoms with E-state index in [0.717, 1.165) is 6.04 Å². The minimum Gasteiger partial charge on any atom is -0.313 e. The van der Waals surface area contributed by atoms with E-state index in [4.69, 9.17) is 0 Å². The number of thioether (sulfide) groups is 1. The lowest BCUT2D eigenvalue weighted by atomic mass is 10.1. The maximum absolute atomic E-state index is 3.73. The summed E-state index contributed by atoms with van der Waals surface area (Å²) in [6.45, 7) is 4.94. The van der Waals surface area contributed by atoms with Gasteiger partial charge in [0.15, 0.2) is 0 Å². The highest BCUT2D eigenvalue weighted by Gasteiger charge is 2.11. The second-order valence-electron chi connectivity index (χ2n) is 4.01. The average molecular weight is 213 g/mol. The Labute approximate surface area is 92.7 Å². The summed E-state index contributed by atoms with van der Waals surface area (Å²) in [5.41, 5.74) is 0. The second kappa shape index (κ2) is 8.37. The monoisotopic (exact) mass is 213 g/mol. The molecule has 0 aromatic heterocycles. The first kappa shape index (κ1) is 12.1. The van der Waals surface area contributed by atoms with Gasteiger partial charge in [-0.2, -0.15) is 11.8 Å². The third-order valence-corrected chi connectivity index (χ3v) is 3.89. The fraction of sp³-hybridized carbons (Fsp3) is 0.833. The van der Waals surface area contributed by atoms with E-state index in [2.05, 4.69) is 23.7 Å². The van der Waals surface area contributed by atoms with Gasteiger partial charge in [0.2, 0.25) is 0 Å². The maximum atomic E-state index is 3.73. The molecule has 0 aromatic carbocycles. The molecule has 1 unspecified atom stereocenters. The molecule has 0 radical (unpaired) electrons. The van der Waals surface area contributed by atoms with Crippen LogP contribution in [0.4, 0.5) is 0 Å². The van der Waals surface area contributed by atoms with Crippen LogP contribution in [-0.2, 0) is 0 Å². The van der Waals surface area contributed by atoms with Gasteiger partial charge in [-0.05, 0) is 44.4 Å². The van der Waals surface area contributed by atoms with Crippen LogP contribution in [-0.4, -0.2) is 24.1 Å². The van der Waals surface area contributed by atoms with Gasteiger partial charge in [0.1, 0.15) is 0 Å². The molecule has 1 aliphatic heterocycles. The van der Waals surface area contributed by atoms with E-state index in [1.54, 1.807) is 0 Å². The second-order valence-corrected chi connectivity index (χ2v) is 5.16. The quantitative estimate of drug-likeness (QED) is 0.515. The average Bonchev–Trinajstić information content (AvgIpc) is 2.25. The van der Waals surface area contributed by atoms with E-state index in [-0.39, 0.29) is 0 Å². The molecule has 1 rings (SSSR count). The van der Waals surface area contributed by atoms with Crippen LogP contribution in [0.3, 0.4) is 0 Å². The molecule has 0 saturated carbocycles. The molecule has 0 aromatic rings. The highest BCUT2D eigenvalue weighted by molar-refractivity contribution is 7.99. The standard InChI is InChI=1S/C12H23NS/c1-2-3-4-5-6-9-13-12-8-7-10-14-11-12/h2,12-13H,1,3-11H2. The molecule has 0 aliphatic carbocycles. The molecule has 1 aliphatic rings. The first-order valence-corrected chi connectivity index (χ1v) is 7.01. The van der Waals surface area contributed by atoms with Gasteiger partial charge in [-0.25, -0.2) is 0 Å². The minimum atomic E-state index is 0.799. The van der Waals surface area contributed by atoms with Gasteiger partial charge in [0.25, 0.3) is 0 Å². The van der Waals surface area contributed by atoms with Crippen molar-refractivity contribution in [2.45, 2.75) is 44.6 Å². The van der Waals surface area contributed by atoms with E-state index in [9.17, 15) is 0 Å². The van der Waals surface area contributed by atoms with E-state index in [0.29, 0.717) is 0 Å². The van der Waals surface area contributed by atoms with Crippen molar-refractivity contribution in [3.05, 3.63) is 12.7 Å². The topological polar surface area (TPSA) is 12.0 Å². The smallest absolute Gasteiger partial charge is 0.0158 e. The van der Waals surface area contributed by atoms with Gasteiger partial charge in [-0.3, -0.25) is 0 Å². The van der Waals surface area contributed by atoms with Gasteiger partial charge in [0.05, 0.1) is 0 Å². The Morgan fingerprint density at radius 1 is 1.36 bits per heavy atom. The van der Waals surface area contributed by atoms with E-state index in [1.807, 2.05) is 6.08 Å². The van der Waals surface area contributed by atoms with Gasteiger partial charge < -0.3 is 5.32 Å². The zero-order chi connectivity index (χ0) is 10.1. The number of unbranched alkanes of at least 4 members (excludes halogenated alkanes) is 3. The van der Waals surface area contributed by atoms with Crippen molar-refractivity contribution >= 4 is 11.8 Å². The normalized spacial score (nSPS) is 22.1. The molecule has 2 heteroatoms. The maximum Gasteiger partial charge on any atom is 0.0158 e. The predicted molar refractivity (Wildman–Crippen MR) is 67.0 cm³/mol. The molecule has 1 atom stereocenters. The Morgan fingerprint density at radius 3 is 3.00 bits per heavy atom. The minimum absolute atomic E-state index is 0.799. The van der Waals surface area contributed by atoms with Crippen LogP contribution in [0.15, 0.2) is 12.7 Å². The van der Waals surface area contributed by atoms with Crippen molar-refractivity contribution in [1.82, 2.24) is 5.32 Å². The fourth-order valence-electron chi connectivity index (χ4n) is 1.80. The number of rotatable bonds is 7. The number of hydrogen-bond donors (Lipinski definition) is 1. The molecular weight excluding hydrogens is 190 g/mol. The highest BCUT2D eigenvalue weighted by atomic mass is 32.2. The van der Waals surface area contributed by atoms with Gasteiger partial charge in [0, 0.05) is 11.8 Å². The van der Waals surface area contributed by atoms with Crippen LogP contribution in [0, 0.1) is 0 Å². The molecule has 0 bridgehead atoms. The summed E-state index contributed by atoms with van der Waals surface area (Å²) in [6, 6.07) is 0.799. The van der Waals surface area contributed by atoms with Crippen molar-refractivity contribution in [2.24, 2.45) is 0 Å². The van der Waals surface area contributed by atoms with Crippen molar-refractivity contribution in [3.8, 4) is 0 Å². The Bertz CT molecular complexity index is 141. The van der Waals surface area contributed by atoms with E-state index in [1.165, 1.54) is 56.6 Å². The third kappa shape index (κ3) is 5.71. The summed E-state index contributed by atoms with van der Waals surface area (Å²) < 4.78 is 0. The van der Waals surface area contributed by atoms with Crippen LogP contribution in [0.25, 0.3) is 0 Å². The molecule has 14 heavy (non-hydrogen) atoms. The Hall–Kier alpha value is 0.0500. The molecule has 0 spiro atoms. The van der Waals surface area contributed by atoms with Crippen LogP contribution >= 0.6 is 11.8 Å². The summed E-state index contributed by atoms with van der Waals surface area (Å²) in [5, 5.41) is 3.65. The summed E-state index contributed by atoms with van der Waals surface area (Å²) in [6.07, 6.45) is 9.97. The van der Waals surface area contributed by atoms with Gasteiger partial charge in [-0.1, -0.05) is 12.5 Å². The Morgan fingerprint density at radius 2 is 2.29 bits per heavy atom. The van der Waals surface area contributed by atoms with Crippen LogP contribution < -0.4 is 5.32 Å². The molecule has 1 saturated heterocycles. The SMILES string of the molecule is C=CCCCCCNC1CCCSC1. The van der Waals surface area contributed by atoms with E-state index >= 15 is 0 Å². The molecule has 82 valence electrons. The summed E-state index contributed by atoms with van der Waals surface area (Å²) >= 11 is 2.10. The zero-order valence-electron chi connectivity index (χ0n) is 9.13. The van der Waals surface area contributed by atoms with Gasteiger partial charge in [-0.15, -0.1) is 6.58 Å². The van der Waals surface area contributed by atoms with Crippen LogP contribution in [0.5, 0.6) is 0 Å². The zero-order valence-corrected chi connectivity index (χ0v) is 9.95. The van der Waals surface area contributed by atoms with E-state index < -0.39 is 0 Å². The van der Waals surface area contributed by atoms with Crippen molar-refractivity contribution in [3.63, 3.8) is 0 Å². The van der Waals surface area contributed by atoms with Crippen molar-refractivity contribution in [1.29, 1.82) is 0 Å². The summed E-state index contributed by atoms with van der Waals surface area (Å²) in [4.78, 5) is 0. The molecular formula is C12H23NS. The molecule has 0 amide bonds. The van der Waals surface area contributed by atoms with Crippen molar-refractivity contribution < 1.29 is 0 Å². The lowest BCUT2D eigenvalue weighted by Crippen LogP contribution is -2.34. The largest absolute Gasteiger partial charge is 0.313 e. The lowest BCUT2D eigenvalue weighted by Gasteiger charge is -2.22. The Balaban J connectivity index is 1.85. The number of nitrogens with one attached hydrogen (secondary N) is 1. The van der Waals surface area contributed by atoms with Crippen LogP contribution in [0.1, 0.15) is 38.5 Å².